The summed E-state index contributed by atoms with van der Waals surface area (Å²) in [6.07, 6.45) is 5.18. The minimum absolute atomic E-state index is 0. The highest BCUT2D eigenvalue weighted by Gasteiger charge is 2.19. The molecule has 1 unspecified atom stereocenters. The molecule has 0 bridgehead atoms. The van der Waals surface area contributed by atoms with Crippen molar-refractivity contribution in [2.45, 2.75) is 52.1 Å². The molecule has 1 fully saturated rings. The molecular formula is C21H36IN5O. The Bertz CT molecular complexity index is 581. The molecule has 1 aromatic carbocycles. The van der Waals surface area contributed by atoms with Gasteiger partial charge in [0.25, 0.3) is 0 Å². The largest absolute Gasteiger partial charge is 0.357 e. The zero-order chi connectivity index (χ0) is 19.3. The normalized spacial score (nSPS) is 17.5. The summed E-state index contributed by atoms with van der Waals surface area (Å²) >= 11 is 0. The van der Waals surface area contributed by atoms with Crippen LogP contribution in [0.5, 0.6) is 0 Å². The fourth-order valence-electron chi connectivity index (χ4n) is 3.48. The Morgan fingerprint density at radius 3 is 2.64 bits per heavy atom. The van der Waals surface area contributed by atoms with Crippen LogP contribution in [0.1, 0.15) is 45.1 Å². The molecule has 2 rings (SSSR count). The lowest BCUT2D eigenvalue weighted by Gasteiger charge is -2.35. The molecule has 1 heterocycles. The Kier molecular flexibility index (Phi) is 12.9. The first kappa shape index (κ1) is 24.7. The fraction of sp³-hybridized carbons (Fsp3) is 0.619. The highest BCUT2D eigenvalue weighted by molar-refractivity contribution is 14.0. The van der Waals surface area contributed by atoms with Gasteiger partial charge in [-0.3, -0.25) is 9.69 Å². The van der Waals surface area contributed by atoms with E-state index in [-0.39, 0.29) is 36.4 Å². The van der Waals surface area contributed by atoms with Crippen molar-refractivity contribution in [1.29, 1.82) is 0 Å². The zero-order valence-electron chi connectivity index (χ0n) is 17.2. The third-order valence-electron chi connectivity index (χ3n) is 4.97. The number of benzene rings is 1. The molecule has 0 spiro atoms. The van der Waals surface area contributed by atoms with Crippen molar-refractivity contribution < 1.29 is 4.79 Å². The van der Waals surface area contributed by atoms with E-state index in [0.717, 1.165) is 25.2 Å². The maximum atomic E-state index is 12.0. The third kappa shape index (κ3) is 9.23. The van der Waals surface area contributed by atoms with Crippen LogP contribution in [-0.4, -0.2) is 55.5 Å². The summed E-state index contributed by atoms with van der Waals surface area (Å²) in [5, 5.41) is 9.48. The van der Waals surface area contributed by atoms with Crippen LogP contribution in [0.15, 0.2) is 35.3 Å². The van der Waals surface area contributed by atoms with Crippen molar-refractivity contribution in [3.05, 3.63) is 35.9 Å². The Hall–Kier alpha value is -1.35. The summed E-state index contributed by atoms with van der Waals surface area (Å²) < 4.78 is 0. The van der Waals surface area contributed by atoms with E-state index in [9.17, 15) is 4.79 Å². The molecule has 0 radical (unpaired) electrons. The van der Waals surface area contributed by atoms with Gasteiger partial charge in [0.1, 0.15) is 6.54 Å². The van der Waals surface area contributed by atoms with E-state index in [2.05, 4.69) is 32.8 Å². The van der Waals surface area contributed by atoms with Crippen LogP contribution in [0.2, 0.25) is 0 Å². The molecule has 6 nitrogen and oxygen atoms in total. The van der Waals surface area contributed by atoms with Gasteiger partial charge < -0.3 is 16.0 Å². The average Bonchev–Trinajstić information content (AvgIpc) is 2.71. The van der Waals surface area contributed by atoms with Gasteiger partial charge in [-0.1, -0.05) is 43.7 Å². The predicted octanol–water partition coefficient (Wildman–Crippen LogP) is 2.74. The number of rotatable bonds is 9. The average molecular weight is 501 g/mol. The second-order valence-electron chi connectivity index (χ2n) is 6.98. The van der Waals surface area contributed by atoms with Gasteiger partial charge >= 0.3 is 0 Å². The second-order valence-corrected chi connectivity index (χ2v) is 6.98. The summed E-state index contributed by atoms with van der Waals surface area (Å²) in [6, 6.07) is 10.6. The van der Waals surface area contributed by atoms with Gasteiger partial charge in [0, 0.05) is 32.2 Å². The van der Waals surface area contributed by atoms with Gasteiger partial charge in [0.15, 0.2) is 5.96 Å². The minimum atomic E-state index is -0.0712. The molecule has 0 aliphatic carbocycles. The zero-order valence-corrected chi connectivity index (χ0v) is 19.6. The van der Waals surface area contributed by atoms with Crippen LogP contribution < -0.4 is 16.0 Å². The molecule has 28 heavy (non-hydrogen) atoms. The summed E-state index contributed by atoms with van der Waals surface area (Å²) in [4.78, 5) is 19.0. The molecular weight excluding hydrogens is 465 g/mol. The Morgan fingerprint density at radius 1 is 1.14 bits per heavy atom. The number of hydrogen-bond donors (Lipinski definition) is 3. The van der Waals surface area contributed by atoms with Crippen molar-refractivity contribution in [3.8, 4) is 0 Å². The van der Waals surface area contributed by atoms with Crippen LogP contribution in [-0.2, 0) is 11.3 Å². The number of carbonyl (C=O) groups is 1. The molecule has 158 valence electrons. The molecule has 1 aliphatic rings. The van der Waals surface area contributed by atoms with Gasteiger partial charge in [-0.05, 0) is 38.3 Å². The molecule has 1 amide bonds. The number of aliphatic imine (C=N–C) groups is 1. The molecule has 1 aliphatic heterocycles. The van der Waals surface area contributed by atoms with E-state index in [4.69, 9.17) is 0 Å². The van der Waals surface area contributed by atoms with Crippen molar-refractivity contribution in [1.82, 2.24) is 20.9 Å². The molecule has 0 saturated carbocycles. The smallest absolute Gasteiger partial charge is 0.242 e. The quantitative estimate of drug-likeness (QED) is 0.277. The first-order valence-electron chi connectivity index (χ1n) is 10.3. The number of amides is 1. The number of nitrogens with one attached hydrogen (secondary N) is 3. The van der Waals surface area contributed by atoms with Gasteiger partial charge in [-0.15, -0.1) is 24.0 Å². The van der Waals surface area contributed by atoms with E-state index in [1.165, 1.54) is 32.2 Å². The number of piperidine rings is 1. The van der Waals surface area contributed by atoms with Crippen molar-refractivity contribution >= 4 is 35.8 Å². The molecule has 1 aromatic rings. The SMILES string of the molecule is CCNC(=NCC(=O)NCc1ccccc1)NCCN1CCCCC1CC.I. The number of likely N-dealkylation sites (tertiary alicyclic amines) is 1. The molecule has 1 atom stereocenters. The number of halogens is 1. The van der Waals surface area contributed by atoms with Gasteiger partial charge in [-0.2, -0.15) is 0 Å². The highest BCUT2D eigenvalue weighted by Crippen LogP contribution is 2.18. The first-order chi connectivity index (χ1) is 13.2. The first-order valence-corrected chi connectivity index (χ1v) is 10.3. The molecule has 0 aromatic heterocycles. The predicted molar refractivity (Wildman–Crippen MR) is 127 cm³/mol. The van der Waals surface area contributed by atoms with E-state index in [1.807, 2.05) is 37.3 Å². The van der Waals surface area contributed by atoms with E-state index < -0.39 is 0 Å². The third-order valence-corrected chi connectivity index (χ3v) is 4.97. The van der Waals surface area contributed by atoms with Crippen molar-refractivity contribution in [2.24, 2.45) is 4.99 Å². The number of nitrogens with zero attached hydrogens (tertiary/aromatic N) is 2. The number of hydrogen-bond acceptors (Lipinski definition) is 3. The highest BCUT2D eigenvalue weighted by atomic mass is 127. The van der Waals surface area contributed by atoms with Gasteiger partial charge in [-0.25, -0.2) is 4.99 Å². The van der Waals surface area contributed by atoms with E-state index in [0.29, 0.717) is 18.5 Å². The Morgan fingerprint density at radius 2 is 1.93 bits per heavy atom. The Balaban J connectivity index is 0.00000392. The van der Waals surface area contributed by atoms with Crippen LogP contribution in [0, 0.1) is 0 Å². The summed E-state index contributed by atoms with van der Waals surface area (Å²) in [5.74, 6) is 0.635. The molecule has 1 saturated heterocycles. The lowest BCUT2D eigenvalue weighted by Crippen LogP contribution is -2.46. The van der Waals surface area contributed by atoms with E-state index in [1.54, 1.807) is 0 Å². The summed E-state index contributed by atoms with van der Waals surface area (Å²) in [7, 11) is 0. The lowest BCUT2D eigenvalue weighted by atomic mass is 10.0. The maximum Gasteiger partial charge on any atom is 0.242 e. The van der Waals surface area contributed by atoms with Gasteiger partial charge in [0.2, 0.25) is 5.91 Å². The number of carbonyl (C=O) groups excluding carboxylic acids is 1. The topological polar surface area (TPSA) is 68.8 Å². The van der Waals surface area contributed by atoms with E-state index >= 15 is 0 Å². The summed E-state index contributed by atoms with van der Waals surface area (Å²) in [6.45, 7) is 8.79. The molecule has 7 heteroatoms. The minimum Gasteiger partial charge on any atom is -0.357 e. The van der Waals surface area contributed by atoms with Crippen LogP contribution in [0.4, 0.5) is 0 Å². The van der Waals surface area contributed by atoms with Crippen LogP contribution >= 0.6 is 24.0 Å². The fourth-order valence-corrected chi connectivity index (χ4v) is 3.48. The van der Waals surface area contributed by atoms with Crippen molar-refractivity contribution in [3.63, 3.8) is 0 Å². The van der Waals surface area contributed by atoms with Crippen LogP contribution in [0.3, 0.4) is 0 Å². The Labute approximate surface area is 187 Å². The lowest BCUT2D eigenvalue weighted by molar-refractivity contribution is -0.119. The van der Waals surface area contributed by atoms with Crippen LogP contribution in [0.25, 0.3) is 0 Å². The van der Waals surface area contributed by atoms with Gasteiger partial charge in [0.05, 0.1) is 0 Å². The van der Waals surface area contributed by atoms with Crippen molar-refractivity contribution in [2.75, 3.05) is 32.7 Å². The monoisotopic (exact) mass is 501 g/mol. The molecule has 3 N–H and O–H groups in total. The number of guanidine groups is 1. The maximum absolute atomic E-state index is 12.0. The standard InChI is InChI=1S/C21H35N5O.HI/c1-3-19-12-8-9-14-26(19)15-13-23-21(22-4-2)25-17-20(27)24-16-18-10-6-5-7-11-18;/h5-7,10-11,19H,3-4,8-9,12-17H2,1-2H3,(H,24,27)(H2,22,23,25);1H. The second kappa shape index (κ2) is 14.6. The summed E-state index contributed by atoms with van der Waals surface area (Å²) in [5.41, 5.74) is 1.09.